The summed E-state index contributed by atoms with van der Waals surface area (Å²) in [5.74, 6) is 0.672. The summed E-state index contributed by atoms with van der Waals surface area (Å²) in [5, 5.41) is 12.0. The molecule has 6 nitrogen and oxygen atoms in total. The van der Waals surface area contributed by atoms with Crippen LogP contribution in [0.2, 0.25) is 0 Å². The zero-order valence-electron chi connectivity index (χ0n) is 11.2. The maximum absolute atomic E-state index is 8.81. The number of methoxy groups -OCH3 is 1. The summed E-state index contributed by atoms with van der Waals surface area (Å²) in [4.78, 5) is 4.10. The lowest BCUT2D eigenvalue weighted by Crippen LogP contribution is -2.07. The number of anilines is 2. The van der Waals surface area contributed by atoms with Gasteiger partial charge in [0.2, 0.25) is 0 Å². The van der Waals surface area contributed by atoms with Gasteiger partial charge in [-0.15, -0.1) is 0 Å². The molecule has 0 saturated heterocycles. The summed E-state index contributed by atoms with van der Waals surface area (Å²) in [6.45, 7) is 2.78. The average molecular weight is 264 g/mol. The number of hydrogen-bond donors (Lipinski definition) is 2. The van der Waals surface area contributed by atoms with Crippen LogP contribution in [0.15, 0.2) is 12.1 Å². The summed E-state index contributed by atoms with van der Waals surface area (Å²) in [6.07, 6.45) is 1.94. The standard InChI is InChI=1S/C13H20N4O2/c1-18-8-9-19-7-3-2-6-16-13-5-4-11(15)12(10-14)17-13/h4-5H,2-3,6-9,15H2,1H3,(H,16,17). The number of hydrogen-bond acceptors (Lipinski definition) is 6. The molecule has 0 bridgehead atoms. The number of unbranched alkanes of at least 4 members (excludes halogenated alkanes) is 1. The molecule has 0 amide bonds. The lowest BCUT2D eigenvalue weighted by Gasteiger charge is -2.07. The highest BCUT2D eigenvalue weighted by molar-refractivity contribution is 5.54. The Morgan fingerprint density at radius 1 is 1.32 bits per heavy atom. The van der Waals surface area contributed by atoms with Crippen LogP contribution in [-0.2, 0) is 9.47 Å². The van der Waals surface area contributed by atoms with E-state index in [0.717, 1.165) is 26.0 Å². The van der Waals surface area contributed by atoms with Crippen molar-refractivity contribution in [1.29, 1.82) is 5.26 Å². The number of nitriles is 1. The molecule has 1 heterocycles. The van der Waals surface area contributed by atoms with Crippen LogP contribution in [0.3, 0.4) is 0 Å². The first-order valence-electron chi connectivity index (χ1n) is 6.25. The van der Waals surface area contributed by atoms with Crippen molar-refractivity contribution in [3.8, 4) is 6.07 Å². The number of nitrogens with two attached hydrogens (primary N) is 1. The van der Waals surface area contributed by atoms with E-state index in [1.165, 1.54) is 0 Å². The van der Waals surface area contributed by atoms with Gasteiger partial charge in [0.25, 0.3) is 0 Å². The Labute approximate surface area is 113 Å². The average Bonchev–Trinajstić information content (AvgIpc) is 2.43. The number of nitrogens with zero attached hydrogens (tertiary/aromatic N) is 2. The topological polar surface area (TPSA) is 93.2 Å². The molecule has 0 aliphatic heterocycles. The van der Waals surface area contributed by atoms with E-state index < -0.39 is 0 Å². The fourth-order valence-electron chi connectivity index (χ4n) is 1.45. The summed E-state index contributed by atoms with van der Waals surface area (Å²) >= 11 is 0. The summed E-state index contributed by atoms with van der Waals surface area (Å²) < 4.78 is 10.2. The van der Waals surface area contributed by atoms with Gasteiger partial charge >= 0.3 is 0 Å². The quantitative estimate of drug-likeness (QED) is 0.655. The van der Waals surface area contributed by atoms with E-state index >= 15 is 0 Å². The first kappa shape index (κ1) is 15.2. The third kappa shape index (κ3) is 6.04. The molecule has 3 N–H and O–H groups in total. The Morgan fingerprint density at radius 3 is 2.89 bits per heavy atom. The Balaban J connectivity index is 2.14. The highest BCUT2D eigenvalue weighted by Gasteiger charge is 2.01. The molecule has 0 fully saturated rings. The van der Waals surface area contributed by atoms with E-state index in [1.807, 2.05) is 6.07 Å². The third-order valence-electron chi connectivity index (χ3n) is 2.49. The van der Waals surface area contributed by atoms with Gasteiger partial charge in [-0.25, -0.2) is 4.98 Å². The molecule has 0 spiro atoms. The largest absolute Gasteiger partial charge is 0.396 e. The molecule has 0 aliphatic carbocycles. The second kappa shape index (κ2) is 9.14. The molecule has 0 saturated carbocycles. The Morgan fingerprint density at radius 2 is 2.16 bits per heavy atom. The van der Waals surface area contributed by atoms with Gasteiger partial charge in [-0.05, 0) is 25.0 Å². The Kier molecular flexibility index (Phi) is 7.32. The number of rotatable bonds is 9. The van der Waals surface area contributed by atoms with Crippen LogP contribution in [0.5, 0.6) is 0 Å². The molecule has 0 aliphatic rings. The van der Waals surface area contributed by atoms with Crippen molar-refractivity contribution in [2.75, 3.05) is 44.5 Å². The number of pyridine rings is 1. The van der Waals surface area contributed by atoms with Crippen LogP contribution in [0, 0.1) is 11.3 Å². The van der Waals surface area contributed by atoms with Crippen LogP contribution >= 0.6 is 0 Å². The van der Waals surface area contributed by atoms with Gasteiger partial charge < -0.3 is 20.5 Å². The first-order chi connectivity index (χ1) is 9.27. The van der Waals surface area contributed by atoms with Crippen LogP contribution < -0.4 is 11.1 Å². The van der Waals surface area contributed by atoms with Gasteiger partial charge in [-0.1, -0.05) is 0 Å². The molecular weight excluding hydrogens is 244 g/mol. The van der Waals surface area contributed by atoms with Crippen LogP contribution in [0.25, 0.3) is 0 Å². The van der Waals surface area contributed by atoms with Gasteiger partial charge in [0.05, 0.1) is 18.9 Å². The maximum Gasteiger partial charge on any atom is 0.165 e. The number of nitrogen functional groups attached to an aromatic ring is 1. The highest BCUT2D eigenvalue weighted by Crippen LogP contribution is 2.11. The van der Waals surface area contributed by atoms with Crippen molar-refractivity contribution >= 4 is 11.5 Å². The van der Waals surface area contributed by atoms with Crippen LogP contribution in [-0.4, -0.2) is 38.5 Å². The van der Waals surface area contributed by atoms with Crippen LogP contribution in [0.1, 0.15) is 18.5 Å². The number of aromatic nitrogens is 1. The molecule has 1 aromatic heterocycles. The molecule has 0 aromatic carbocycles. The zero-order valence-corrected chi connectivity index (χ0v) is 11.2. The smallest absolute Gasteiger partial charge is 0.165 e. The number of nitrogens with one attached hydrogen (secondary N) is 1. The predicted molar refractivity (Wildman–Crippen MR) is 73.8 cm³/mol. The van der Waals surface area contributed by atoms with Gasteiger partial charge in [-0.3, -0.25) is 0 Å². The van der Waals surface area contributed by atoms with E-state index in [2.05, 4.69) is 10.3 Å². The minimum Gasteiger partial charge on any atom is -0.396 e. The molecule has 0 unspecified atom stereocenters. The molecule has 6 heteroatoms. The maximum atomic E-state index is 8.81. The summed E-state index contributed by atoms with van der Waals surface area (Å²) in [5.41, 5.74) is 6.25. The number of ether oxygens (including phenoxy) is 2. The highest BCUT2D eigenvalue weighted by atomic mass is 16.5. The van der Waals surface area contributed by atoms with Gasteiger partial charge in [0.1, 0.15) is 11.9 Å². The third-order valence-corrected chi connectivity index (χ3v) is 2.49. The van der Waals surface area contributed by atoms with Crippen molar-refractivity contribution in [3.05, 3.63) is 17.8 Å². The molecule has 1 rings (SSSR count). The fraction of sp³-hybridized carbons (Fsp3) is 0.538. The molecule has 19 heavy (non-hydrogen) atoms. The monoisotopic (exact) mass is 264 g/mol. The Bertz CT molecular complexity index is 418. The van der Waals surface area contributed by atoms with Gasteiger partial charge in [0, 0.05) is 20.3 Å². The van der Waals surface area contributed by atoms with Crippen molar-refractivity contribution in [1.82, 2.24) is 4.98 Å². The molecule has 0 atom stereocenters. The molecule has 0 radical (unpaired) electrons. The minimum atomic E-state index is 0.257. The van der Waals surface area contributed by atoms with Crippen molar-refractivity contribution < 1.29 is 9.47 Å². The molecule has 104 valence electrons. The zero-order chi connectivity index (χ0) is 13.9. The van der Waals surface area contributed by atoms with Crippen molar-refractivity contribution in [2.45, 2.75) is 12.8 Å². The SMILES string of the molecule is COCCOCCCCNc1ccc(N)c(C#N)n1. The van der Waals surface area contributed by atoms with Crippen molar-refractivity contribution in [3.63, 3.8) is 0 Å². The fourth-order valence-corrected chi connectivity index (χ4v) is 1.45. The molecular formula is C13H20N4O2. The van der Waals surface area contributed by atoms with Gasteiger partial charge in [0.15, 0.2) is 5.69 Å². The predicted octanol–water partition coefficient (Wildman–Crippen LogP) is 1.39. The van der Waals surface area contributed by atoms with Gasteiger partial charge in [-0.2, -0.15) is 5.26 Å². The van der Waals surface area contributed by atoms with Crippen molar-refractivity contribution in [2.24, 2.45) is 0 Å². The van der Waals surface area contributed by atoms with E-state index in [0.29, 0.717) is 24.7 Å². The van der Waals surface area contributed by atoms with E-state index in [1.54, 1.807) is 19.2 Å². The second-order valence-electron chi connectivity index (χ2n) is 3.99. The normalized spacial score (nSPS) is 10.1. The Hall–Kier alpha value is -1.84. The summed E-state index contributed by atoms with van der Waals surface area (Å²) in [7, 11) is 1.66. The summed E-state index contributed by atoms with van der Waals surface area (Å²) in [6, 6.07) is 5.41. The minimum absolute atomic E-state index is 0.257. The lowest BCUT2D eigenvalue weighted by molar-refractivity contribution is 0.0691. The second-order valence-corrected chi connectivity index (χ2v) is 3.99. The van der Waals surface area contributed by atoms with E-state index in [9.17, 15) is 0 Å². The van der Waals surface area contributed by atoms with E-state index in [-0.39, 0.29) is 5.69 Å². The van der Waals surface area contributed by atoms with E-state index in [4.69, 9.17) is 20.5 Å². The molecule has 1 aromatic rings. The van der Waals surface area contributed by atoms with Crippen LogP contribution in [0.4, 0.5) is 11.5 Å². The lowest BCUT2D eigenvalue weighted by atomic mass is 10.3. The first-order valence-corrected chi connectivity index (χ1v) is 6.25.